The fourth-order valence-corrected chi connectivity index (χ4v) is 4.65. The molecule has 0 saturated heterocycles. The third-order valence-electron chi connectivity index (χ3n) is 3.53. The Bertz CT molecular complexity index is 863. The van der Waals surface area contributed by atoms with E-state index in [1.165, 1.54) is 12.1 Å². The second-order valence-corrected chi connectivity index (χ2v) is 8.73. The molecule has 0 atom stereocenters. The molecular weight excluding hydrogens is 444 g/mol. The number of carbonyl (C=O) groups is 1. The molecule has 0 spiro atoms. The standard InChI is InChI=1S/C16H15Cl4NO4S/c1-3-8-25-16(14(19)11(17)13(22)12(18)15(16)20)21-26(23,24)10-6-4-9(2)5-7-10/h4-7,21H,3,8H2,1-2H3. The Morgan fingerprint density at radius 1 is 1.04 bits per heavy atom. The first-order valence-electron chi connectivity index (χ1n) is 7.47. The first kappa shape index (κ1) is 21.7. The van der Waals surface area contributed by atoms with Crippen molar-refractivity contribution in [3.8, 4) is 0 Å². The normalized spacial score (nSPS) is 17.8. The molecule has 1 aromatic carbocycles. The number of aryl methyl sites for hydroxylation is 1. The summed E-state index contributed by atoms with van der Waals surface area (Å²) >= 11 is 24.3. The lowest BCUT2D eigenvalue weighted by Crippen LogP contribution is -2.53. The lowest BCUT2D eigenvalue weighted by Gasteiger charge is -2.36. The minimum Gasteiger partial charge on any atom is -0.349 e. The molecule has 0 bridgehead atoms. The summed E-state index contributed by atoms with van der Waals surface area (Å²) in [5, 5.41) is -1.74. The highest BCUT2D eigenvalue weighted by Crippen LogP contribution is 2.44. The molecule has 0 amide bonds. The highest BCUT2D eigenvalue weighted by Gasteiger charge is 2.50. The summed E-state index contributed by atoms with van der Waals surface area (Å²) in [4.78, 5) is 12.0. The summed E-state index contributed by atoms with van der Waals surface area (Å²) in [6, 6.07) is 6.09. The number of sulfonamides is 1. The number of carbonyl (C=O) groups excluding carboxylic acids is 1. The maximum Gasteiger partial charge on any atom is 0.243 e. The molecule has 1 aromatic rings. The maximum atomic E-state index is 12.8. The number of rotatable bonds is 6. The molecule has 0 aromatic heterocycles. The Morgan fingerprint density at radius 2 is 1.54 bits per heavy atom. The molecule has 1 aliphatic rings. The molecule has 0 saturated carbocycles. The molecule has 0 aliphatic heterocycles. The molecule has 0 heterocycles. The largest absolute Gasteiger partial charge is 0.349 e. The second-order valence-electron chi connectivity index (χ2n) is 5.53. The molecule has 1 N–H and O–H groups in total. The van der Waals surface area contributed by atoms with Gasteiger partial charge in [-0.25, -0.2) is 8.42 Å². The van der Waals surface area contributed by atoms with Gasteiger partial charge in [-0.05, 0) is 25.5 Å². The smallest absolute Gasteiger partial charge is 0.243 e. The van der Waals surface area contributed by atoms with Crippen molar-refractivity contribution in [3.63, 3.8) is 0 Å². The van der Waals surface area contributed by atoms with E-state index in [1.54, 1.807) is 19.1 Å². The van der Waals surface area contributed by atoms with Crippen LogP contribution in [0, 0.1) is 6.92 Å². The number of benzene rings is 1. The zero-order chi connectivity index (χ0) is 19.7. The molecule has 26 heavy (non-hydrogen) atoms. The van der Waals surface area contributed by atoms with Crippen molar-refractivity contribution in [2.24, 2.45) is 0 Å². The quantitative estimate of drug-likeness (QED) is 0.642. The number of hydrogen-bond acceptors (Lipinski definition) is 4. The predicted octanol–water partition coefficient (Wildman–Crippen LogP) is 4.36. The van der Waals surface area contributed by atoms with Gasteiger partial charge in [0, 0.05) is 6.61 Å². The van der Waals surface area contributed by atoms with Gasteiger partial charge in [-0.3, -0.25) is 4.79 Å². The van der Waals surface area contributed by atoms with Gasteiger partial charge in [-0.1, -0.05) is 71.0 Å². The highest BCUT2D eigenvalue weighted by atomic mass is 35.5. The van der Waals surface area contributed by atoms with Crippen molar-refractivity contribution in [3.05, 3.63) is 50.0 Å². The minimum atomic E-state index is -4.14. The van der Waals surface area contributed by atoms with Crippen LogP contribution >= 0.6 is 46.4 Å². The van der Waals surface area contributed by atoms with E-state index in [0.717, 1.165) is 5.56 Å². The van der Waals surface area contributed by atoms with E-state index in [9.17, 15) is 13.2 Å². The summed E-state index contributed by atoms with van der Waals surface area (Å²) in [6.45, 7) is 3.70. The molecule has 142 valence electrons. The summed E-state index contributed by atoms with van der Waals surface area (Å²) in [6.07, 6.45) is 0.519. The van der Waals surface area contributed by atoms with Crippen LogP contribution in [0.2, 0.25) is 0 Å². The fraction of sp³-hybridized carbons (Fsp3) is 0.312. The molecule has 10 heteroatoms. The number of Topliss-reactive ketones (excluding diaryl/α,β-unsaturated/α-hetero) is 1. The first-order chi connectivity index (χ1) is 12.1. The van der Waals surface area contributed by atoms with Gasteiger partial charge in [0.25, 0.3) is 0 Å². The van der Waals surface area contributed by atoms with Gasteiger partial charge < -0.3 is 4.74 Å². The van der Waals surface area contributed by atoms with Crippen LogP contribution in [0.3, 0.4) is 0 Å². The Kier molecular flexibility index (Phi) is 6.83. The van der Waals surface area contributed by atoms with E-state index in [-0.39, 0.29) is 11.5 Å². The van der Waals surface area contributed by atoms with Crippen LogP contribution < -0.4 is 4.72 Å². The van der Waals surface area contributed by atoms with Gasteiger partial charge in [0.15, 0.2) is 0 Å². The number of ether oxygens (including phenoxy) is 1. The van der Waals surface area contributed by atoms with E-state index in [4.69, 9.17) is 51.1 Å². The lowest BCUT2D eigenvalue weighted by atomic mass is 10.1. The SMILES string of the molecule is CCCOC1(NS(=O)(=O)c2ccc(C)cc2)C(Cl)=C(Cl)C(=O)C(Cl)=C1Cl. The Morgan fingerprint density at radius 3 is 2.00 bits per heavy atom. The van der Waals surface area contributed by atoms with Crippen molar-refractivity contribution in [2.75, 3.05) is 6.61 Å². The Balaban J connectivity index is 2.60. The highest BCUT2D eigenvalue weighted by molar-refractivity contribution is 7.89. The van der Waals surface area contributed by atoms with Crippen molar-refractivity contribution >= 4 is 62.2 Å². The molecule has 2 rings (SSSR count). The van der Waals surface area contributed by atoms with Crippen LogP contribution in [0.15, 0.2) is 49.3 Å². The molecular formula is C16H15Cl4NO4S. The van der Waals surface area contributed by atoms with E-state index in [0.29, 0.717) is 6.42 Å². The Hall–Kier alpha value is -0.600. The second kappa shape index (κ2) is 8.19. The number of nitrogens with one attached hydrogen (secondary N) is 1. The average molecular weight is 459 g/mol. The Labute approximate surface area is 171 Å². The number of halogens is 4. The molecule has 0 unspecified atom stereocenters. The van der Waals surface area contributed by atoms with Crippen LogP contribution in [-0.4, -0.2) is 26.5 Å². The van der Waals surface area contributed by atoms with Crippen LogP contribution in [-0.2, 0) is 19.6 Å². The van der Waals surface area contributed by atoms with Gasteiger partial charge in [-0.2, -0.15) is 4.72 Å². The third kappa shape index (κ3) is 3.97. The summed E-state index contributed by atoms with van der Waals surface area (Å²) in [5.74, 6) is -0.811. The average Bonchev–Trinajstić information content (AvgIpc) is 2.61. The van der Waals surface area contributed by atoms with Crippen LogP contribution in [0.5, 0.6) is 0 Å². The van der Waals surface area contributed by atoms with Crippen molar-refractivity contribution in [2.45, 2.75) is 30.9 Å². The van der Waals surface area contributed by atoms with E-state index in [1.807, 2.05) is 6.92 Å². The van der Waals surface area contributed by atoms with Crippen LogP contribution in [0.25, 0.3) is 0 Å². The fourth-order valence-electron chi connectivity index (χ4n) is 2.17. The van der Waals surface area contributed by atoms with E-state index in [2.05, 4.69) is 4.72 Å². The number of allylic oxidation sites excluding steroid dienone is 2. The molecule has 5 nitrogen and oxygen atoms in total. The topological polar surface area (TPSA) is 72.5 Å². The third-order valence-corrected chi connectivity index (χ3v) is 6.81. The first-order valence-corrected chi connectivity index (χ1v) is 10.5. The molecule has 0 fully saturated rings. The maximum absolute atomic E-state index is 12.8. The van der Waals surface area contributed by atoms with Gasteiger partial charge in [0.1, 0.15) is 10.1 Å². The van der Waals surface area contributed by atoms with Crippen LogP contribution in [0.4, 0.5) is 0 Å². The van der Waals surface area contributed by atoms with E-state index >= 15 is 0 Å². The monoisotopic (exact) mass is 457 g/mol. The van der Waals surface area contributed by atoms with Crippen LogP contribution in [0.1, 0.15) is 18.9 Å². The van der Waals surface area contributed by atoms with Gasteiger partial charge in [0.2, 0.25) is 21.5 Å². The van der Waals surface area contributed by atoms with Crippen molar-refractivity contribution in [1.29, 1.82) is 0 Å². The number of hydrogen-bond donors (Lipinski definition) is 1. The van der Waals surface area contributed by atoms with Gasteiger partial charge in [0.05, 0.1) is 15.0 Å². The lowest BCUT2D eigenvalue weighted by molar-refractivity contribution is -0.111. The molecule has 0 radical (unpaired) electrons. The zero-order valence-corrected chi connectivity index (χ0v) is 17.6. The predicted molar refractivity (Wildman–Crippen MR) is 103 cm³/mol. The van der Waals surface area contributed by atoms with Gasteiger partial charge >= 0.3 is 0 Å². The summed E-state index contributed by atoms with van der Waals surface area (Å²) in [7, 11) is -4.14. The number of ketones is 1. The minimum absolute atomic E-state index is 0.0411. The summed E-state index contributed by atoms with van der Waals surface area (Å²) in [5.41, 5.74) is -1.20. The van der Waals surface area contributed by atoms with E-state index < -0.39 is 41.7 Å². The van der Waals surface area contributed by atoms with Crippen molar-refractivity contribution < 1.29 is 17.9 Å². The molecule has 1 aliphatic carbocycles. The van der Waals surface area contributed by atoms with Crippen molar-refractivity contribution in [1.82, 2.24) is 4.72 Å². The zero-order valence-electron chi connectivity index (χ0n) is 13.8. The summed E-state index contributed by atoms with van der Waals surface area (Å²) < 4.78 is 33.6. The van der Waals surface area contributed by atoms with Gasteiger partial charge in [-0.15, -0.1) is 0 Å².